The number of nitrogens with zero attached hydrogens (tertiary/aromatic N) is 3. The summed E-state index contributed by atoms with van der Waals surface area (Å²) >= 11 is 0. The first-order valence-corrected chi connectivity index (χ1v) is 7.57. The summed E-state index contributed by atoms with van der Waals surface area (Å²) in [4.78, 5) is 28.2. The Bertz CT molecular complexity index is 459. The number of carbonyl (C=O) groups excluding carboxylic acids is 2. The lowest BCUT2D eigenvalue weighted by Gasteiger charge is -2.42. The number of hydrogen-bond donors (Lipinski definition) is 2. The van der Waals surface area contributed by atoms with E-state index in [0.717, 1.165) is 6.42 Å². The van der Waals surface area contributed by atoms with Gasteiger partial charge < -0.3 is 20.7 Å². The number of amides is 2. The van der Waals surface area contributed by atoms with Crippen LogP contribution in [0.4, 0.5) is 0 Å². The molecule has 0 radical (unpaired) electrons. The number of nitrogens with two attached hydrogens (primary N) is 1. The van der Waals surface area contributed by atoms with E-state index in [2.05, 4.69) is 5.16 Å². The zero-order valence-corrected chi connectivity index (χ0v) is 12.7. The summed E-state index contributed by atoms with van der Waals surface area (Å²) in [7, 11) is 0. The van der Waals surface area contributed by atoms with Crippen LogP contribution in [-0.4, -0.2) is 58.3 Å². The molecule has 2 amide bonds. The molecule has 0 saturated carbocycles. The number of piperazine rings is 1. The molecule has 2 aliphatic rings. The number of hydrogen-bond acceptors (Lipinski definition) is 4. The lowest BCUT2D eigenvalue weighted by atomic mass is 9.79. The number of carbonyl (C=O) groups is 2. The van der Waals surface area contributed by atoms with Crippen LogP contribution in [-0.2, 0) is 9.59 Å². The first kappa shape index (κ1) is 15.6. The van der Waals surface area contributed by atoms with Gasteiger partial charge in [-0.3, -0.25) is 9.59 Å². The molecule has 2 fully saturated rings. The molecule has 0 aromatic rings. The fourth-order valence-electron chi connectivity index (χ4n) is 3.47. The normalized spacial score (nSPS) is 23.4. The summed E-state index contributed by atoms with van der Waals surface area (Å²) in [6.07, 6.45) is 2.35. The van der Waals surface area contributed by atoms with Gasteiger partial charge in [-0.1, -0.05) is 19.0 Å². The molecule has 7 heteroatoms. The molecule has 0 aliphatic carbocycles. The van der Waals surface area contributed by atoms with Crippen LogP contribution in [0, 0.1) is 5.41 Å². The maximum atomic E-state index is 12.9. The second-order valence-electron chi connectivity index (χ2n) is 5.81. The third-order valence-corrected chi connectivity index (χ3v) is 5.00. The van der Waals surface area contributed by atoms with Crippen molar-refractivity contribution < 1.29 is 14.8 Å². The molecule has 1 unspecified atom stereocenters. The van der Waals surface area contributed by atoms with Gasteiger partial charge in [-0.25, -0.2) is 0 Å². The van der Waals surface area contributed by atoms with E-state index < -0.39 is 5.41 Å². The molecule has 2 rings (SSSR count). The number of rotatable bonds is 4. The minimum absolute atomic E-state index is 0.0255. The topological polar surface area (TPSA) is 99.2 Å². The van der Waals surface area contributed by atoms with Gasteiger partial charge in [-0.05, 0) is 19.3 Å². The SMILES string of the molecule is CCC(CC)(C(=O)N1CCN2C(=O)CCC2C1)C(N)=NO. The molecule has 2 saturated heterocycles. The van der Waals surface area contributed by atoms with Crippen molar-refractivity contribution in [3.8, 4) is 0 Å². The minimum atomic E-state index is -0.945. The third kappa shape index (κ3) is 2.45. The predicted octanol–water partition coefficient (Wildman–Crippen LogP) is 0.372. The average Bonchev–Trinajstić information content (AvgIpc) is 2.89. The Hall–Kier alpha value is -1.79. The molecular formula is C14H24N4O3. The van der Waals surface area contributed by atoms with Gasteiger partial charge in [0.25, 0.3) is 0 Å². The third-order valence-electron chi connectivity index (χ3n) is 5.00. The van der Waals surface area contributed by atoms with Gasteiger partial charge in [-0.15, -0.1) is 0 Å². The molecule has 1 atom stereocenters. The average molecular weight is 296 g/mol. The van der Waals surface area contributed by atoms with Gasteiger partial charge in [0.1, 0.15) is 5.41 Å². The van der Waals surface area contributed by atoms with Gasteiger partial charge in [0.2, 0.25) is 11.8 Å². The molecule has 118 valence electrons. The van der Waals surface area contributed by atoms with Crippen molar-refractivity contribution in [2.45, 2.75) is 45.6 Å². The Labute approximate surface area is 124 Å². The predicted molar refractivity (Wildman–Crippen MR) is 77.7 cm³/mol. The second kappa shape index (κ2) is 5.91. The van der Waals surface area contributed by atoms with Crippen molar-refractivity contribution >= 4 is 17.6 Å². The van der Waals surface area contributed by atoms with E-state index in [1.54, 1.807) is 4.90 Å². The molecule has 2 aliphatic heterocycles. The molecule has 2 heterocycles. The van der Waals surface area contributed by atoms with Gasteiger partial charge in [-0.2, -0.15) is 0 Å². The van der Waals surface area contributed by atoms with Crippen molar-refractivity contribution in [3.63, 3.8) is 0 Å². The Morgan fingerprint density at radius 2 is 2.10 bits per heavy atom. The fourth-order valence-corrected chi connectivity index (χ4v) is 3.47. The van der Waals surface area contributed by atoms with E-state index >= 15 is 0 Å². The lowest BCUT2D eigenvalue weighted by Crippen LogP contribution is -2.58. The number of oxime groups is 1. The zero-order valence-electron chi connectivity index (χ0n) is 12.7. The highest BCUT2D eigenvalue weighted by molar-refractivity contribution is 6.06. The second-order valence-corrected chi connectivity index (χ2v) is 5.81. The molecule has 21 heavy (non-hydrogen) atoms. The van der Waals surface area contributed by atoms with Crippen LogP contribution in [0.15, 0.2) is 5.16 Å². The summed E-state index contributed by atoms with van der Waals surface area (Å²) in [5.41, 5.74) is 4.85. The smallest absolute Gasteiger partial charge is 0.236 e. The van der Waals surface area contributed by atoms with E-state index in [4.69, 9.17) is 10.9 Å². The van der Waals surface area contributed by atoms with Crippen LogP contribution < -0.4 is 5.73 Å². The molecule has 0 aromatic carbocycles. The van der Waals surface area contributed by atoms with Crippen LogP contribution in [0.25, 0.3) is 0 Å². The van der Waals surface area contributed by atoms with E-state index in [0.29, 0.717) is 38.9 Å². The van der Waals surface area contributed by atoms with Gasteiger partial charge in [0.15, 0.2) is 5.84 Å². The molecule has 7 nitrogen and oxygen atoms in total. The Balaban J connectivity index is 2.17. The van der Waals surface area contributed by atoms with Crippen molar-refractivity contribution in [2.24, 2.45) is 16.3 Å². The van der Waals surface area contributed by atoms with Gasteiger partial charge >= 0.3 is 0 Å². The highest BCUT2D eigenvalue weighted by Gasteiger charge is 2.45. The molecule has 0 spiro atoms. The Morgan fingerprint density at radius 3 is 2.67 bits per heavy atom. The highest BCUT2D eigenvalue weighted by atomic mass is 16.4. The Kier molecular flexibility index (Phi) is 4.39. The standard InChI is InChI=1S/C14H24N4O3/c1-3-14(4-2,12(15)16-21)13(20)17-7-8-18-10(9-17)5-6-11(18)19/h10,21H,3-9H2,1-2H3,(H2,15,16). The van der Waals surface area contributed by atoms with E-state index in [-0.39, 0.29) is 23.7 Å². The fraction of sp³-hybridized carbons (Fsp3) is 0.786. The first-order chi connectivity index (χ1) is 10.00. The summed E-state index contributed by atoms with van der Waals surface area (Å²) < 4.78 is 0. The molecule has 0 bridgehead atoms. The quantitative estimate of drug-likeness (QED) is 0.339. The van der Waals surface area contributed by atoms with E-state index in [9.17, 15) is 9.59 Å². The summed E-state index contributed by atoms with van der Waals surface area (Å²) in [6, 6.07) is 0.119. The van der Waals surface area contributed by atoms with Crippen LogP contribution in [0.2, 0.25) is 0 Å². The van der Waals surface area contributed by atoms with Crippen molar-refractivity contribution in [1.82, 2.24) is 9.80 Å². The van der Waals surface area contributed by atoms with Crippen molar-refractivity contribution in [3.05, 3.63) is 0 Å². The molecule has 3 N–H and O–H groups in total. The van der Waals surface area contributed by atoms with Crippen molar-refractivity contribution in [1.29, 1.82) is 0 Å². The van der Waals surface area contributed by atoms with Crippen molar-refractivity contribution in [2.75, 3.05) is 19.6 Å². The number of amidine groups is 1. The largest absolute Gasteiger partial charge is 0.409 e. The highest BCUT2D eigenvalue weighted by Crippen LogP contribution is 2.32. The molecule has 0 aromatic heterocycles. The maximum Gasteiger partial charge on any atom is 0.236 e. The Morgan fingerprint density at radius 1 is 1.43 bits per heavy atom. The number of fused-ring (bicyclic) bond motifs is 1. The molecular weight excluding hydrogens is 272 g/mol. The van der Waals surface area contributed by atoms with Gasteiger partial charge in [0.05, 0.1) is 0 Å². The summed E-state index contributed by atoms with van der Waals surface area (Å²) in [5.74, 6) is 0.0602. The van der Waals surface area contributed by atoms with Crippen LogP contribution >= 0.6 is 0 Å². The lowest BCUT2D eigenvalue weighted by molar-refractivity contribution is -0.144. The zero-order chi connectivity index (χ0) is 15.6. The summed E-state index contributed by atoms with van der Waals surface area (Å²) in [6.45, 7) is 5.38. The van der Waals surface area contributed by atoms with Crippen LogP contribution in [0.5, 0.6) is 0 Å². The van der Waals surface area contributed by atoms with E-state index in [1.807, 2.05) is 18.7 Å². The monoisotopic (exact) mass is 296 g/mol. The van der Waals surface area contributed by atoms with E-state index in [1.165, 1.54) is 0 Å². The van der Waals surface area contributed by atoms with Crippen LogP contribution in [0.3, 0.4) is 0 Å². The maximum absolute atomic E-state index is 12.9. The summed E-state index contributed by atoms with van der Waals surface area (Å²) in [5, 5.41) is 12.1. The minimum Gasteiger partial charge on any atom is -0.409 e. The van der Waals surface area contributed by atoms with Gasteiger partial charge in [0, 0.05) is 32.1 Å². The van der Waals surface area contributed by atoms with Crippen LogP contribution in [0.1, 0.15) is 39.5 Å². The first-order valence-electron chi connectivity index (χ1n) is 7.57.